The van der Waals surface area contributed by atoms with Gasteiger partial charge in [-0.1, -0.05) is 12.1 Å². The predicted molar refractivity (Wildman–Crippen MR) is 115 cm³/mol. The second-order valence-electron chi connectivity index (χ2n) is 7.54. The SMILES string of the molecule is CCNC(=NCCCN1CCCC1=O)NCCCCN1C(=O)c2ccccc2C1=O. The van der Waals surface area contributed by atoms with Crippen molar-refractivity contribution in [3.8, 4) is 0 Å². The Hall–Kier alpha value is -2.90. The fourth-order valence-electron chi connectivity index (χ4n) is 3.78. The van der Waals surface area contributed by atoms with Crippen molar-refractivity contribution in [1.82, 2.24) is 20.4 Å². The van der Waals surface area contributed by atoms with Gasteiger partial charge in [-0.2, -0.15) is 0 Å². The summed E-state index contributed by atoms with van der Waals surface area (Å²) in [5.74, 6) is 0.609. The van der Waals surface area contributed by atoms with E-state index in [1.54, 1.807) is 24.3 Å². The normalized spacial score (nSPS) is 16.4. The Labute approximate surface area is 177 Å². The fourth-order valence-corrected chi connectivity index (χ4v) is 3.78. The molecule has 0 bridgehead atoms. The van der Waals surface area contributed by atoms with E-state index in [1.807, 2.05) is 11.8 Å². The Kier molecular flexibility index (Phi) is 7.82. The van der Waals surface area contributed by atoms with Crippen LogP contribution in [-0.4, -0.2) is 72.7 Å². The summed E-state index contributed by atoms with van der Waals surface area (Å²) in [6.45, 7) is 6.21. The molecule has 8 nitrogen and oxygen atoms in total. The Bertz CT molecular complexity index is 773. The lowest BCUT2D eigenvalue weighted by atomic mass is 10.1. The van der Waals surface area contributed by atoms with Crippen LogP contribution in [-0.2, 0) is 4.79 Å². The van der Waals surface area contributed by atoms with Gasteiger partial charge in [0, 0.05) is 45.7 Å². The van der Waals surface area contributed by atoms with Gasteiger partial charge in [0.05, 0.1) is 11.1 Å². The average molecular weight is 414 g/mol. The van der Waals surface area contributed by atoms with Gasteiger partial charge in [-0.25, -0.2) is 0 Å². The van der Waals surface area contributed by atoms with E-state index in [-0.39, 0.29) is 17.7 Å². The van der Waals surface area contributed by atoms with Gasteiger partial charge in [0.1, 0.15) is 0 Å². The van der Waals surface area contributed by atoms with Crippen LogP contribution in [0.1, 0.15) is 59.7 Å². The van der Waals surface area contributed by atoms with Crippen molar-refractivity contribution in [3.63, 3.8) is 0 Å². The summed E-state index contributed by atoms with van der Waals surface area (Å²) >= 11 is 0. The summed E-state index contributed by atoms with van der Waals surface area (Å²) in [5, 5.41) is 6.51. The van der Waals surface area contributed by atoms with Crippen LogP contribution in [0.4, 0.5) is 0 Å². The average Bonchev–Trinajstić information content (AvgIpc) is 3.26. The van der Waals surface area contributed by atoms with Crippen LogP contribution in [0.5, 0.6) is 0 Å². The van der Waals surface area contributed by atoms with Gasteiger partial charge in [0.2, 0.25) is 5.91 Å². The number of carbonyl (C=O) groups excluding carboxylic acids is 3. The highest BCUT2D eigenvalue weighted by Crippen LogP contribution is 2.22. The lowest BCUT2D eigenvalue weighted by Gasteiger charge is -2.16. The minimum absolute atomic E-state index is 0.199. The standard InChI is InChI=1S/C22H31N5O3/c1-2-23-22(25-13-8-15-26-14-7-11-19(26)28)24-12-5-6-16-27-20(29)17-9-3-4-10-18(17)21(27)30/h3-4,9-10H,2,5-8,11-16H2,1H3,(H2,23,24,25). The number of hydrogen-bond donors (Lipinski definition) is 2. The molecule has 30 heavy (non-hydrogen) atoms. The monoisotopic (exact) mass is 413 g/mol. The lowest BCUT2D eigenvalue weighted by molar-refractivity contribution is -0.127. The summed E-state index contributed by atoms with van der Waals surface area (Å²) in [5.41, 5.74) is 0.996. The Morgan fingerprint density at radius 3 is 2.37 bits per heavy atom. The lowest BCUT2D eigenvalue weighted by Crippen LogP contribution is -2.38. The minimum Gasteiger partial charge on any atom is -0.357 e. The number of imide groups is 1. The molecule has 3 rings (SSSR count). The molecular formula is C22H31N5O3. The third-order valence-electron chi connectivity index (χ3n) is 5.35. The number of hydrogen-bond acceptors (Lipinski definition) is 4. The topological polar surface area (TPSA) is 94.1 Å². The molecule has 1 fully saturated rings. The number of nitrogens with zero attached hydrogens (tertiary/aromatic N) is 3. The van der Waals surface area contributed by atoms with Crippen molar-refractivity contribution < 1.29 is 14.4 Å². The molecule has 0 aliphatic carbocycles. The van der Waals surface area contributed by atoms with E-state index in [0.29, 0.717) is 37.2 Å². The van der Waals surface area contributed by atoms with Crippen molar-refractivity contribution in [1.29, 1.82) is 0 Å². The summed E-state index contributed by atoms with van der Waals surface area (Å²) < 4.78 is 0. The van der Waals surface area contributed by atoms with Crippen LogP contribution in [0.15, 0.2) is 29.3 Å². The number of carbonyl (C=O) groups is 3. The predicted octanol–water partition coefficient (Wildman–Crippen LogP) is 1.63. The zero-order valence-electron chi connectivity index (χ0n) is 17.7. The molecule has 8 heteroatoms. The number of guanidine groups is 1. The van der Waals surface area contributed by atoms with Gasteiger partial charge in [-0.05, 0) is 44.7 Å². The third kappa shape index (κ3) is 5.37. The molecule has 0 atom stereocenters. The van der Waals surface area contributed by atoms with Crippen LogP contribution in [0, 0.1) is 0 Å². The number of amides is 3. The number of benzene rings is 1. The van der Waals surface area contributed by atoms with E-state index in [0.717, 1.165) is 51.3 Å². The van der Waals surface area contributed by atoms with Crippen LogP contribution >= 0.6 is 0 Å². The highest BCUT2D eigenvalue weighted by Gasteiger charge is 2.34. The highest BCUT2D eigenvalue weighted by atomic mass is 16.2. The van der Waals surface area contributed by atoms with Crippen molar-refractivity contribution in [2.24, 2.45) is 4.99 Å². The maximum absolute atomic E-state index is 12.4. The molecule has 3 amide bonds. The van der Waals surface area contributed by atoms with E-state index >= 15 is 0 Å². The molecule has 0 radical (unpaired) electrons. The quantitative estimate of drug-likeness (QED) is 0.263. The second kappa shape index (κ2) is 10.8. The van der Waals surface area contributed by atoms with Crippen LogP contribution in [0.25, 0.3) is 0 Å². The van der Waals surface area contributed by atoms with Crippen molar-refractivity contribution >= 4 is 23.7 Å². The number of nitrogens with one attached hydrogen (secondary N) is 2. The van der Waals surface area contributed by atoms with Gasteiger partial charge >= 0.3 is 0 Å². The maximum atomic E-state index is 12.4. The maximum Gasteiger partial charge on any atom is 0.261 e. The van der Waals surface area contributed by atoms with Gasteiger partial charge in [-0.3, -0.25) is 24.3 Å². The molecule has 2 heterocycles. The largest absolute Gasteiger partial charge is 0.357 e. The molecule has 1 aromatic rings. The molecule has 2 N–H and O–H groups in total. The van der Waals surface area contributed by atoms with E-state index in [1.165, 1.54) is 4.90 Å². The van der Waals surface area contributed by atoms with Crippen molar-refractivity contribution in [2.45, 2.75) is 39.0 Å². The van der Waals surface area contributed by atoms with E-state index < -0.39 is 0 Å². The van der Waals surface area contributed by atoms with Gasteiger partial charge in [0.25, 0.3) is 11.8 Å². The molecule has 1 aromatic carbocycles. The summed E-state index contributed by atoms with van der Waals surface area (Å²) in [7, 11) is 0. The van der Waals surface area contributed by atoms with Crippen LogP contribution < -0.4 is 10.6 Å². The minimum atomic E-state index is -0.199. The zero-order valence-corrected chi connectivity index (χ0v) is 17.7. The number of rotatable bonds is 10. The molecular weight excluding hydrogens is 382 g/mol. The van der Waals surface area contributed by atoms with E-state index in [4.69, 9.17) is 0 Å². The van der Waals surface area contributed by atoms with Gasteiger partial charge < -0.3 is 15.5 Å². The first-order valence-corrected chi connectivity index (χ1v) is 10.9. The Morgan fingerprint density at radius 1 is 1.00 bits per heavy atom. The second-order valence-corrected chi connectivity index (χ2v) is 7.54. The van der Waals surface area contributed by atoms with Crippen molar-refractivity contribution in [3.05, 3.63) is 35.4 Å². The molecule has 0 unspecified atom stereocenters. The van der Waals surface area contributed by atoms with E-state index in [9.17, 15) is 14.4 Å². The molecule has 2 aliphatic rings. The summed E-state index contributed by atoms with van der Waals surface area (Å²) in [6.07, 6.45) is 4.04. The van der Waals surface area contributed by atoms with Gasteiger partial charge in [0.15, 0.2) is 5.96 Å². The number of aliphatic imine (C=N–C) groups is 1. The third-order valence-corrected chi connectivity index (χ3v) is 5.35. The number of likely N-dealkylation sites (tertiary alicyclic amines) is 1. The first-order valence-electron chi connectivity index (χ1n) is 10.9. The van der Waals surface area contributed by atoms with Crippen molar-refractivity contribution in [2.75, 3.05) is 39.3 Å². The smallest absolute Gasteiger partial charge is 0.261 e. The number of fused-ring (bicyclic) bond motifs is 1. The Balaban J connectivity index is 1.35. The fraction of sp³-hybridized carbons (Fsp3) is 0.545. The summed E-state index contributed by atoms with van der Waals surface area (Å²) in [4.78, 5) is 44.2. The van der Waals surface area contributed by atoms with Crippen LogP contribution in [0.3, 0.4) is 0 Å². The molecule has 2 aliphatic heterocycles. The molecule has 0 saturated carbocycles. The first-order chi connectivity index (χ1) is 14.6. The zero-order chi connectivity index (χ0) is 21.3. The highest BCUT2D eigenvalue weighted by molar-refractivity contribution is 6.21. The first kappa shape index (κ1) is 21.8. The van der Waals surface area contributed by atoms with Crippen LogP contribution in [0.2, 0.25) is 0 Å². The molecule has 1 saturated heterocycles. The van der Waals surface area contributed by atoms with E-state index in [2.05, 4.69) is 15.6 Å². The molecule has 0 aromatic heterocycles. The van der Waals surface area contributed by atoms with Gasteiger partial charge in [-0.15, -0.1) is 0 Å². The summed E-state index contributed by atoms with van der Waals surface area (Å²) in [6, 6.07) is 6.97. The Morgan fingerprint density at radius 2 is 1.73 bits per heavy atom. The molecule has 162 valence electrons. The number of unbranched alkanes of at least 4 members (excludes halogenated alkanes) is 1. The molecule has 0 spiro atoms.